The lowest BCUT2D eigenvalue weighted by Crippen LogP contribution is -2.33. The average Bonchev–Trinajstić information content (AvgIpc) is 2.25. The van der Waals surface area contributed by atoms with E-state index in [1.165, 1.54) is 0 Å². The van der Waals surface area contributed by atoms with E-state index in [1.807, 2.05) is 0 Å². The van der Waals surface area contributed by atoms with E-state index in [0.29, 0.717) is 13.0 Å². The van der Waals surface area contributed by atoms with Gasteiger partial charge >= 0.3 is 5.97 Å². The summed E-state index contributed by atoms with van der Waals surface area (Å²) in [5, 5.41) is 11.3. The molecule has 1 saturated carbocycles. The number of carboxylic acid groups (broad SMARTS) is 1. The van der Waals surface area contributed by atoms with Crippen molar-refractivity contribution < 1.29 is 14.7 Å². The number of rotatable bonds is 5. The molecule has 0 bridgehead atoms. The molecule has 1 amide bonds. The number of hydrogen-bond donors (Lipinski definition) is 2. The monoisotopic (exact) mass is 227 g/mol. The Labute approximate surface area is 96.4 Å². The van der Waals surface area contributed by atoms with Crippen LogP contribution in [0.4, 0.5) is 0 Å². The van der Waals surface area contributed by atoms with Gasteiger partial charge < -0.3 is 10.4 Å². The summed E-state index contributed by atoms with van der Waals surface area (Å²) < 4.78 is 0. The van der Waals surface area contributed by atoms with Gasteiger partial charge in [0, 0.05) is 18.9 Å². The Balaban J connectivity index is 2.12. The molecule has 1 fully saturated rings. The molecule has 0 heterocycles. The fourth-order valence-corrected chi connectivity index (χ4v) is 2.12. The summed E-state index contributed by atoms with van der Waals surface area (Å²) in [6, 6.07) is 0. The van der Waals surface area contributed by atoms with E-state index in [2.05, 4.69) is 12.2 Å². The van der Waals surface area contributed by atoms with Crippen LogP contribution in [-0.2, 0) is 9.59 Å². The van der Waals surface area contributed by atoms with Crippen LogP contribution in [0.5, 0.6) is 0 Å². The highest BCUT2D eigenvalue weighted by Gasteiger charge is 2.23. The van der Waals surface area contributed by atoms with Crippen molar-refractivity contribution in [2.75, 3.05) is 6.54 Å². The lowest BCUT2D eigenvalue weighted by atomic mass is 9.82. The van der Waals surface area contributed by atoms with Gasteiger partial charge in [0.15, 0.2) is 0 Å². The number of hydrogen-bond acceptors (Lipinski definition) is 2. The zero-order valence-corrected chi connectivity index (χ0v) is 9.87. The van der Waals surface area contributed by atoms with Crippen molar-refractivity contribution >= 4 is 11.9 Å². The second kappa shape index (κ2) is 6.51. The fourth-order valence-electron chi connectivity index (χ4n) is 2.12. The highest BCUT2D eigenvalue weighted by atomic mass is 16.4. The van der Waals surface area contributed by atoms with Gasteiger partial charge in [-0.3, -0.25) is 9.59 Å². The van der Waals surface area contributed by atoms with E-state index >= 15 is 0 Å². The van der Waals surface area contributed by atoms with Gasteiger partial charge in [0.2, 0.25) is 5.91 Å². The largest absolute Gasteiger partial charge is 0.481 e. The minimum atomic E-state index is -0.805. The number of carboxylic acids is 1. The van der Waals surface area contributed by atoms with Crippen molar-refractivity contribution in [1.29, 1.82) is 0 Å². The molecule has 16 heavy (non-hydrogen) atoms. The molecule has 1 rings (SSSR count). The van der Waals surface area contributed by atoms with Crippen LogP contribution in [0.1, 0.15) is 45.4 Å². The topological polar surface area (TPSA) is 66.4 Å². The zero-order valence-electron chi connectivity index (χ0n) is 9.87. The van der Waals surface area contributed by atoms with Crippen LogP contribution in [0.3, 0.4) is 0 Å². The first kappa shape index (κ1) is 13.0. The molecule has 0 aromatic rings. The molecule has 0 unspecified atom stereocenters. The van der Waals surface area contributed by atoms with Gasteiger partial charge in [0.05, 0.1) is 0 Å². The highest BCUT2D eigenvalue weighted by molar-refractivity contribution is 5.78. The van der Waals surface area contributed by atoms with E-state index in [4.69, 9.17) is 5.11 Å². The van der Waals surface area contributed by atoms with E-state index in [1.54, 1.807) is 0 Å². The predicted octanol–water partition coefficient (Wildman–Crippen LogP) is 1.79. The molecule has 0 radical (unpaired) electrons. The summed E-state index contributed by atoms with van der Waals surface area (Å²) >= 11 is 0. The molecule has 2 N–H and O–H groups in total. The number of amides is 1. The lowest BCUT2D eigenvalue weighted by molar-refractivity contribution is -0.137. The van der Waals surface area contributed by atoms with Gasteiger partial charge in [-0.15, -0.1) is 0 Å². The molecule has 4 nitrogen and oxygen atoms in total. The van der Waals surface area contributed by atoms with Gasteiger partial charge in [-0.05, 0) is 38.0 Å². The Hall–Kier alpha value is -1.06. The molecule has 4 heteroatoms. The van der Waals surface area contributed by atoms with Crippen LogP contribution >= 0.6 is 0 Å². The Bertz CT molecular complexity index is 245. The Morgan fingerprint density at radius 3 is 2.44 bits per heavy atom. The molecule has 0 atom stereocenters. The maximum Gasteiger partial charge on any atom is 0.303 e. The lowest BCUT2D eigenvalue weighted by Gasteiger charge is -2.25. The normalized spacial score (nSPS) is 25.1. The maximum atomic E-state index is 11.7. The first-order valence-corrected chi connectivity index (χ1v) is 6.09. The second-order valence-corrected chi connectivity index (χ2v) is 4.75. The molecule has 0 aromatic heterocycles. The quantitative estimate of drug-likeness (QED) is 0.704. The average molecular weight is 227 g/mol. The number of aliphatic carboxylic acids is 1. The number of carbonyl (C=O) groups excluding carboxylic acids is 1. The SMILES string of the molecule is C[C@H]1CC[C@H](C(=O)NCCCC(=O)O)CC1. The summed E-state index contributed by atoms with van der Waals surface area (Å²) in [5.74, 6) is 0.204. The van der Waals surface area contributed by atoms with E-state index in [9.17, 15) is 9.59 Å². The molecule has 1 aliphatic rings. The molecular formula is C12H21NO3. The van der Waals surface area contributed by atoms with Crippen LogP contribution in [0.15, 0.2) is 0 Å². The third-order valence-corrected chi connectivity index (χ3v) is 3.25. The summed E-state index contributed by atoms with van der Waals surface area (Å²) in [5.41, 5.74) is 0. The van der Waals surface area contributed by atoms with Gasteiger partial charge in [0.25, 0.3) is 0 Å². The molecule has 92 valence electrons. The number of carbonyl (C=O) groups is 2. The van der Waals surface area contributed by atoms with Gasteiger partial charge in [0.1, 0.15) is 0 Å². The van der Waals surface area contributed by atoms with Crippen molar-refractivity contribution in [1.82, 2.24) is 5.32 Å². The van der Waals surface area contributed by atoms with E-state index in [0.717, 1.165) is 31.6 Å². The summed E-state index contributed by atoms with van der Waals surface area (Å²) in [6.07, 6.45) is 4.87. The summed E-state index contributed by atoms with van der Waals surface area (Å²) in [7, 11) is 0. The Morgan fingerprint density at radius 2 is 1.88 bits per heavy atom. The molecule has 1 aliphatic carbocycles. The Morgan fingerprint density at radius 1 is 1.25 bits per heavy atom. The summed E-state index contributed by atoms with van der Waals surface area (Å²) in [4.78, 5) is 22.0. The van der Waals surface area contributed by atoms with Crippen molar-refractivity contribution in [3.63, 3.8) is 0 Å². The highest BCUT2D eigenvalue weighted by Crippen LogP contribution is 2.28. The van der Waals surface area contributed by atoms with E-state index in [-0.39, 0.29) is 18.2 Å². The van der Waals surface area contributed by atoms with Crippen LogP contribution in [0.25, 0.3) is 0 Å². The molecule has 0 saturated heterocycles. The molecular weight excluding hydrogens is 206 g/mol. The minimum Gasteiger partial charge on any atom is -0.481 e. The first-order valence-electron chi connectivity index (χ1n) is 6.09. The summed E-state index contributed by atoms with van der Waals surface area (Å²) in [6.45, 7) is 2.71. The van der Waals surface area contributed by atoms with Crippen molar-refractivity contribution in [2.24, 2.45) is 11.8 Å². The van der Waals surface area contributed by atoms with Crippen LogP contribution in [0.2, 0.25) is 0 Å². The minimum absolute atomic E-state index is 0.109. The van der Waals surface area contributed by atoms with Crippen molar-refractivity contribution in [2.45, 2.75) is 45.4 Å². The van der Waals surface area contributed by atoms with Crippen LogP contribution < -0.4 is 5.32 Å². The van der Waals surface area contributed by atoms with E-state index < -0.39 is 5.97 Å². The zero-order chi connectivity index (χ0) is 12.0. The van der Waals surface area contributed by atoms with Gasteiger partial charge in [-0.1, -0.05) is 6.92 Å². The maximum absolute atomic E-state index is 11.7. The van der Waals surface area contributed by atoms with Gasteiger partial charge in [-0.25, -0.2) is 0 Å². The van der Waals surface area contributed by atoms with Crippen LogP contribution in [0, 0.1) is 11.8 Å². The first-order chi connectivity index (χ1) is 7.59. The Kier molecular flexibility index (Phi) is 5.29. The van der Waals surface area contributed by atoms with Gasteiger partial charge in [-0.2, -0.15) is 0 Å². The third-order valence-electron chi connectivity index (χ3n) is 3.25. The van der Waals surface area contributed by atoms with Crippen molar-refractivity contribution in [3.8, 4) is 0 Å². The third kappa shape index (κ3) is 4.64. The predicted molar refractivity (Wildman–Crippen MR) is 61.0 cm³/mol. The number of nitrogens with one attached hydrogen (secondary N) is 1. The second-order valence-electron chi connectivity index (χ2n) is 4.75. The van der Waals surface area contributed by atoms with Crippen LogP contribution in [-0.4, -0.2) is 23.5 Å². The standard InChI is InChI=1S/C12H21NO3/c1-9-4-6-10(7-5-9)12(16)13-8-2-3-11(14)15/h9-10H,2-8H2,1H3,(H,13,16)(H,14,15)/t9-,10-. The fraction of sp³-hybridized carbons (Fsp3) is 0.833. The molecule has 0 aromatic carbocycles. The smallest absolute Gasteiger partial charge is 0.303 e. The molecule has 0 aliphatic heterocycles. The molecule has 0 spiro atoms. The van der Waals surface area contributed by atoms with Crippen molar-refractivity contribution in [3.05, 3.63) is 0 Å².